The number of aliphatic hydroxyl groups excluding tert-OH is 1. The van der Waals surface area contributed by atoms with E-state index >= 15 is 0 Å². The highest BCUT2D eigenvalue weighted by atomic mass is 16.6. The Morgan fingerprint density at radius 2 is 0.964 bits per heavy atom. The third kappa shape index (κ3) is 25.7. The Morgan fingerprint density at radius 3 is 1.47 bits per heavy atom. The average molecular weight is 1150 g/mol. The van der Waals surface area contributed by atoms with Gasteiger partial charge in [0, 0.05) is 42.3 Å². The maximum Gasteiger partial charge on any atom is 0.412 e. The first-order chi connectivity index (χ1) is 40.3. The Hall–Kier alpha value is -7.39. The SMILES string of the molecule is COc1cc(COC(=O)N[C@@H]2CC/C=C/CC[C@@H]2N)cc(OC)c1OC.NC1/C=C/CCCCC1NC(=O)Oc1ccccc1.NC1CCCC/C=C/C1NC(O)Oc1ccccc1.N[C@H]1CC/C=C/CC[C@H]1NC(=O)Oc1ccccc1. The van der Waals surface area contributed by atoms with Crippen LogP contribution in [0.3, 0.4) is 0 Å². The third-order valence-electron chi connectivity index (χ3n) is 14.1. The minimum absolute atomic E-state index is 0.00516. The molecule has 13 N–H and O–H groups in total. The Kier molecular flexibility index (Phi) is 30.7. The highest BCUT2D eigenvalue weighted by Gasteiger charge is 2.24. The first kappa shape index (κ1) is 66.4. The number of amides is 3. The molecule has 4 aromatic carbocycles. The van der Waals surface area contributed by atoms with Crippen molar-refractivity contribution in [2.75, 3.05) is 21.3 Å². The van der Waals surface area contributed by atoms with Crippen LogP contribution < -0.4 is 72.6 Å². The first-order valence-electron chi connectivity index (χ1n) is 29.0. The minimum atomic E-state index is -1.05. The molecule has 0 bridgehead atoms. The van der Waals surface area contributed by atoms with E-state index in [9.17, 15) is 19.5 Å². The van der Waals surface area contributed by atoms with Crippen LogP contribution in [0.5, 0.6) is 34.5 Å². The Morgan fingerprint density at radius 1 is 0.506 bits per heavy atom. The van der Waals surface area contributed by atoms with E-state index in [1.54, 1.807) is 62.8 Å². The number of benzene rings is 4. The lowest BCUT2D eigenvalue weighted by molar-refractivity contribution is -0.0504. The van der Waals surface area contributed by atoms with E-state index in [4.69, 9.17) is 56.1 Å². The Balaban J connectivity index is 0.000000205. The van der Waals surface area contributed by atoms with Gasteiger partial charge in [0.25, 0.3) is 6.41 Å². The molecule has 19 nitrogen and oxygen atoms in total. The topological polar surface area (TPSA) is 288 Å². The molecule has 83 heavy (non-hydrogen) atoms. The highest BCUT2D eigenvalue weighted by molar-refractivity contribution is 5.71. The molecule has 0 radical (unpaired) electrons. The number of nitrogens with two attached hydrogens (primary N) is 4. The van der Waals surface area contributed by atoms with Crippen LogP contribution >= 0.6 is 0 Å². The summed E-state index contributed by atoms with van der Waals surface area (Å²) in [6.07, 6.45) is 29.9. The normalized spacial score (nSPS) is 24.2. The molecule has 0 fully saturated rings. The summed E-state index contributed by atoms with van der Waals surface area (Å²) in [5, 5.41) is 21.5. The largest absolute Gasteiger partial charge is 0.493 e. The summed E-state index contributed by atoms with van der Waals surface area (Å²) in [4.78, 5) is 35.8. The molecule has 4 aliphatic rings. The maximum absolute atomic E-state index is 12.2. The number of allylic oxidation sites excluding steroid dienone is 6. The fraction of sp³-hybridized carbons (Fsp3) is 0.453. The number of alkyl carbamates (subject to hydrolysis) is 1. The number of para-hydroxylation sites is 3. The molecule has 0 aliphatic heterocycles. The van der Waals surface area contributed by atoms with Crippen molar-refractivity contribution < 1.29 is 52.6 Å². The Bertz CT molecular complexity index is 2570. The van der Waals surface area contributed by atoms with Crippen molar-refractivity contribution in [1.82, 2.24) is 21.3 Å². The standard InChI is InChI=1S/C19H28N2O5.C15H22N2O2.2C15H20N2O2/c1-23-16-10-13(11-17(24-2)18(16)25-3)12-26-19(22)21-15-9-7-5-4-6-8-14(15)20;3*16-13-10-6-1-2-7-11-14(13)17-15(18)19-12-8-4-3-5-9-12/h4-5,10-11,14-15H,6-9,12,20H2,1-3H3,(H,21,22);3-5,7-9,11,13-15,17-18H,1-2,6,10,16H2;3-6,8-10,13-14H,1-2,7,11,16H2,(H,17,18);1-5,8-9,13-14H,6-7,10-11,16H2,(H,17,18)/b5-4+;11-7+;10-6+;2-1+/t14-,15+;;;13-,14+/m0..0/s1. The second-order valence-electron chi connectivity index (χ2n) is 20.5. The molecule has 0 aromatic heterocycles. The van der Waals surface area contributed by atoms with E-state index in [0.29, 0.717) is 34.5 Å². The first-order valence-corrected chi connectivity index (χ1v) is 29.0. The van der Waals surface area contributed by atoms with Gasteiger partial charge in [-0.15, -0.1) is 0 Å². The van der Waals surface area contributed by atoms with Crippen LogP contribution in [0.25, 0.3) is 0 Å². The minimum Gasteiger partial charge on any atom is -0.493 e. The van der Waals surface area contributed by atoms with E-state index in [0.717, 1.165) is 102 Å². The lowest BCUT2D eigenvalue weighted by atomic mass is 9.96. The zero-order valence-electron chi connectivity index (χ0n) is 48.5. The van der Waals surface area contributed by atoms with Crippen molar-refractivity contribution >= 4 is 18.3 Å². The summed E-state index contributed by atoms with van der Waals surface area (Å²) in [5.41, 5.74) is 25.1. The van der Waals surface area contributed by atoms with Crippen molar-refractivity contribution in [2.24, 2.45) is 22.9 Å². The zero-order chi connectivity index (χ0) is 59.4. The van der Waals surface area contributed by atoms with Crippen molar-refractivity contribution in [3.8, 4) is 34.5 Å². The van der Waals surface area contributed by atoms with Gasteiger partial charge in [-0.3, -0.25) is 5.32 Å². The number of hydrogen-bond acceptors (Lipinski definition) is 16. The lowest BCUT2D eigenvalue weighted by Crippen LogP contribution is -2.50. The van der Waals surface area contributed by atoms with Crippen LogP contribution in [0.1, 0.15) is 108 Å². The summed E-state index contributed by atoms with van der Waals surface area (Å²) < 4.78 is 37.1. The van der Waals surface area contributed by atoms with E-state index in [-0.39, 0.29) is 54.9 Å². The molecule has 0 spiro atoms. The Labute approximate surface area is 490 Å². The number of carbonyl (C=O) groups excluding carboxylic acids is 3. The van der Waals surface area contributed by atoms with Gasteiger partial charge in [0.2, 0.25) is 5.75 Å². The van der Waals surface area contributed by atoms with Gasteiger partial charge < -0.3 is 77.1 Å². The second kappa shape index (κ2) is 38.4. The smallest absolute Gasteiger partial charge is 0.412 e. The average Bonchev–Trinajstić information content (AvgIpc) is 3.48. The third-order valence-corrected chi connectivity index (χ3v) is 14.1. The maximum atomic E-state index is 12.2. The van der Waals surface area contributed by atoms with Crippen molar-refractivity contribution in [1.29, 1.82) is 0 Å². The number of aliphatic hydroxyl groups is 1. The van der Waals surface area contributed by atoms with Crippen LogP contribution in [0, 0.1) is 0 Å². The van der Waals surface area contributed by atoms with Crippen molar-refractivity contribution in [3.63, 3.8) is 0 Å². The summed E-state index contributed by atoms with van der Waals surface area (Å²) in [7, 11) is 4.62. The van der Waals surface area contributed by atoms with E-state index < -0.39 is 24.7 Å². The molecule has 9 atom stereocenters. The van der Waals surface area contributed by atoms with Gasteiger partial charge in [-0.2, -0.15) is 0 Å². The van der Waals surface area contributed by atoms with Gasteiger partial charge in [-0.1, -0.05) is 116 Å². The molecule has 5 unspecified atom stereocenters. The van der Waals surface area contributed by atoms with Gasteiger partial charge in [-0.25, -0.2) is 14.4 Å². The van der Waals surface area contributed by atoms with Crippen molar-refractivity contribution in [2.45, 2.75) is 164 Å². The molecule has 0 saturated carbocycles. The molecule has 0 saturated heterocycles. The number of rotatable bonds is 14. The summed E-state index contributed by atoms with van der Waals surface area (Å²) in [6, 6.07) is 30.3. The molecular formula is C64H90N8O11. The number of methoxy groups -OCH3 is 3. The number of ether oxygens (including phenoxy) is 7. The number of carbonyl (C=O) groups is 3. The van der Waals surface area contributed by atoms with Crippen LogP contribution in [0.2, 0.25) is 0 Å². The molecule has 0 heterocycles. The summed E-state index contributed by atoms with van der Waals surface area (Å²) in [6.45, 7) is 0.0877. The van der Waals surface area contributed by atoms with Gasteiger partial charge >= 0.3 is 18.3 Å². The predicted molar refractivity (Wildman–Crippen MR) is 324 cm³/mol. The monoisotopic (exact) mass is 1150 g/mol. The second-order valence-corrected chi connectivity index (χ2v) is 20.5. The van der Waals surface area contributed by atoms with Crippen LogP contribution in [0.4, 0.5) is 14.4 Å². The van der Waals surface area contributed by atoms with Gasteiger partial charge in [0.15, 0.2) is 11.5 Å². The van der Waals surface area contributed by atoms with E-state index in [1.165, 1.54) is 13.5 Å². The van der Waals surface area contributed by atoms with Crippen molar-refractivity contribution in [3.05, 3.63) is 157 Å². The number of nitrogens with one attached hydrogen (secondary N) is 4. The van der Waals surface area contributed by atoms with E-state index in [2.05, 4.69) is 57.7 Å². The molecule has 3 amide bonds. The molecule has 452 valence electrons. The quantitative estimate of drug-likeness (QED) is 0.0419. The summed E-state index contributed by atoms with van der Waals surface area (Å²) in [5.74, 6) is 3.23. The van der Waals surface area contributed by atoms with E-state index in [1.807, 2.05) is 66.7 Å². The molecular weight excluding hydrogens is 1060 g/mol. The predicted octanol–water partition coefficient (Wildman–Crippen LogP) is 9.72. The highest BCUT2D eigenvalue weighted by Crippen LogP contribution is 2.38. The number of hydrogen-bond donors (Lipinski definition) is 9. The van der Waals surface area contributed by atoms with Crippen LogP contribution in [0.15, 0.2) is 152 Å². The van der Waals surface area contributed by atoms with Crippen LogP contribution in [-0.4, -0.2) is 99.5 Å². The van der Waals surface area contributed by atoms with Gasteiger partial charge in [-0.05, 0) is 144 Å². The lowest BCUT2D eigenvalue weighted by Gasteiger charge is -2.26. The van der Waals surface area contributed by atoms with Gasteiger partial charge in [0.1, 0.15) is 23.9 Å². The summed E-state index contributed by atoms with van der Waals surface area (Å²) >= 11 is 0. The molecule has 4 aromatic rings. The van der Waals surface area contributed by atoms with Crippen LogP contribution in [-0.2, 0) is 11.3 Å². The zero-order valence-corrected chi connectivity index (χ0v) is 48.5. The van der Waals surface area contributed by atoms with Gasteiger partial charge in [0.05, 0.1) is 27.4 Å². The fourth-order valence-corrected chi connectivity index (χ4v) is 9.49. The fourth-order valence-electron chi connectivity index (χ4n) is 9.49. The molecule has 4 aliphatic carbocycles. The molecule has 19 heteroatoms. The molecule has 8 rings (SSSR count).